The molecule has 2 rings (SSSR count). The summed E-state index contributed by atoms with van der Waals surface area (Å²) in [5.74, 6) is 0.974. The van der Waals surface area contributed by atoms with Crippen molar-refractivity contribution in [3.05, 3.63) is 53.7 Å². The summed E-state index contributed by atoms with van der Waals surface area (Å²) in [5, 5.41) is 0. The molecule has 2 heterocycles. The fourth-order valence-electron chi connectivity index (χ4n) is 1.91. The highest BCUT2D eigenvalue weighted by atomic mass is 16.3. The van der Waals surface area contributed by atoms with Crippen molar-refractivity contribution >= 4 is 0 Å². The molecule has 0 radical (unpaired) electrons. The third-order valence-electron chi connectivity index (χ3n) is 2.98. The molecule has 0 saturated carbocycles. The molecule has 4 nitrogen and oxygen atoms in total. The average molecular weight is 245 g/mol. The lowest BCUT2D eigenvalue weighted by Gasteiger charge is -2.19. The third kappa shape index (κ3) is 3.18. The van der Waals surface area contributed by atoms with Crippen molar-refractivity contribution < 1.29 is 4.42 Å². The molecule has 0 bridgehead atoms. The second kappa shape index (κ2) is 6.33. The predicted octanol–water partition coefficient (Wildman–Crippen LogP) is 2.16. The maximum absolute atomic E-state index is 5.73. The first-order valence-electron chi connectivity index (χ1n) is 6.21. The fourth-order valence-corrected chi connectivity index (χ4v) is 1.91. The van der Waals surface area contributed by atoms with E-state index in [1.54, 1.807) is 6.26 Å². The fraction of sp³-hybridized carbons (Fsp3) is 0.357. The first-order chi connectivity index (χ1) is 8.83. The Morgan fingerprint density at radius 1 is 1.28 bits per heavy atom. The monoisotopic (exact) mass is 245 g/mol. The van der Waals surface area contributed by atoms with Crippen LogP contribution in [0.2, 0.25) is 0 Å². The van der Waals surface area contributed by atoms with Gasteiger partial charge in [0.2, 0.25) is 0 Å². The smallest absolute Gasteiger partial charge is 0.117 e. The highest BCUT2D eigenvalue weighted by Crippen LogP contribution is 2.11. The lowest BCUT2D eigenvalue weighted by atomic mass is 10.2. The van der Waals surface area contributed by atoms with Crippen LogP contribution >= 0.6 is 0 Å². The van der Waals surface area contributed by atoms with Gasteiger partial charge >= 0.3 is 0 Å². The lowest BCUT2D eigenvalue weighted by Crippen LogP contribution is -2.23. The molecule has 2 aromatic heterocycles. The van der Waals surface area contributed by atoms with E-state index in [1.807, 2.05) is 30.5 Å². The Balaban J connectivity index is 2.05. The molecule has 18 heavy (non-hydrogen) atoms. The van der Waals surface area contributed by atoms with Crippen molar-refractivity contribution in [3.8, 4) is 0 Å². The Hall–Kier alpha value is -1.65. The van der Waals surface area contributed by atoms with Gasteiger partial charge in [0.05, 0.1) is 18.5 Å². The summed E-state index contributed by atoms with van der Waals surface area (Å²) >= 11 is 0. The zero-order valence-electron chi connectivity index (χ0n) is 10.7. The maximum atomic E-state index is 5.73. The standard InChI is InChI=1S/C14H19N3O/c1-2-17(10-13-6-4-8-18-13)11-14-12(9-15)5-3-7-16-14/h3-8H,2,9-11,15H2,1H3. The zero-order valence-corrected chi connectivity index (χ0v) is 10.7. The van der Waals surface area contributed by atoms with Crippen molar-refractivity contribution in [1.29, 1.82) is 0 Å². The highest BCUT2D eigenvalue weighted by molar-refractivity contribution is 5.19. The van der Waals surface area contributed by atoms with E-state index in [0.29, 0.717) is 6.54 Å². The Morgan fingerprint density at radius 2 is 2.17 bits per heavy atom. The summed E-state index contributed by atoms with van der Waals surface area (Å²) in [4.78, 5) is 6.69. The number of hydrogen-bond donors (Lipinski definition) is 1. The van der Waals surface area contributed by atoms with Crippen LogP contribution in [0.3, 0.4) is 0 Å². The Labute approximate surface area is 107 Å². The van der Waals surface area contributed by atoms with Crippen LogP contribution in [0.5, 0.6) is 0 Å². The van der Waals surface area contributed by atoms with Crippen LogP contribution in [0.1, 0.15) is 23.9 Å². The predicted molar refractivity (Wildman–Crippen MR) is 70.6 cm³/mol. The van der Waals surface area contributed by atoms with E-state index < -0.39 is 0 Å². The highest BCUT2D eigenvalue weighted by Gasteiger charge is 2.09. The number of nitrogens with two attached hydrogens (primary N) is 1. The van der Waals surface area contributed by atoms with Gasteiger partial charge in [-0.15, -0.1) is 0 Å². The second-order valence-electron chi connectivity index (χ2n) is 4.20. The molecule has 96 valence electrons. The summed E-state index contributed by atoms with van der Waals surface area (Å²) in [7, 11) is 0. The molecule has 0 spiro atoms. The molecule has 0 saturated heterocycles. The Bertz CT molecular complexity index is 468. The van der Waals surface area contributed by atoms with Crippen LogP contribution in [-0.4, -0.2) is 16.4 Å². The van der Waals surface area contributed by atoms with Crippen LogP contribution in [0, 0.1) is 0 Å². The minimum absolute atomic E-state index is 0.529. The zero-order chi connectivity index (χ0) is 12.8. The van der Waals surface area contributed by atoms with Crippen LogP contribution in [0.15, 0.2) is 41.1 Å². The van der Waals surface area contributed by atoms with Crippen LogP contribution < -0.4 is 5.73 Å². The summed E-state index contributed by atoms with van der Waals surface area (Å²) in [6, 6.07) is 7.86. The van der Waals surface area contributed by atoms with E-state index >= 15 is 0 Å². The van der Waals surface area contributed by atoms with Crippen molar-refractivity contribution in [3.63, 3.8) is 0 Å². The number of rotatable bonds is 6. The van der Waals surface area contributed by atoms with Gasteiger partial charge in [0.1, 0.15) is 5.76 Å². The molecule has 0 atom stereocenters. The third-order valence-corrected chi connectivity index (χ3v) is 2.98. The molecular weight excluding hydrogens is 226 g/mol. The van der Waals surface area contributed by atoms with Gasteiger partial charge in [0.25, 0.3) is 0 Å². The summed E-state index contributed by atoms with van der Waals surface area (Å²) < 4.78 is 5.37. The van der Waals surface area contributed by atoms with Gasteiger partial charge in [-0.2, -0.15) is 0 Å². The normalized spacial score (nSPS) is 11.1. The minimum Gasteiger partial charge on any atom is -0.468 e. The number of hydrogen-bond acceptors (Lipinski definition) is 4. The average Bonchev–Trinajstić information content (AvgIpc) is 2.91. The maximum Gasteiger partial charge on any atom is 0.117 e. The molecule has 0 amide bonds. The van der Waals surface area contributed by atoms with E-state index in [2.05, 4.69) is 16.8 Å². The molecule has 0 aliphatic heterocycles. The van der Waals surface area contributed by atoms with E-state index in [9.17, 15) is 0 Å². The second-order valence-corrected chi connectivity index (χ2v) is 4.20. The van der Waals surface area contributed by atoms with E-state index in [0.717, 1.165) is 36.7 Å². The van der Waals surface area contributed by atoms with E-state index in [1.165, 1.54) is 0 Å². The molecule has 0 aliphatic rings. The topological polar surface area (TPSA) is 55.3 Å². The molecule has 0 aromatic carbocycles. The SMILES string of the molecule is CCN(Cc1ccco1)Cc1ncccc1CN. The van der Waals surface area contributed by atoms with Gasteiger partial charge in [-0.25, -0.2) is 0 Å². The van der Waals surface area contributed by atoms with Gasteiger partial charge in [0.15, 0.2) is 0 Å². The quantitative estimate of drug-likeness (QED) is 0.847. The summed E-state index contributed by atoms with van der Waals surface area (Å²) in [6.07, 6.45) is 3.52. The van der Waals surface area contributed by atoms with Gasteiger partial charge in [-0.05, 0) is 30.3 Å². The van der Waals surface area contributed by atoms with Crippen LogP contribution in [0.25, 0.3) is 0 Å². The summed E-state index contributed by atoms with van der Waals surface area (Å²) in [5.41, 5.74) is 7.88. The summed E-state index contributed by atoms with van der Waals surface area (Å²) in [6.45, 7) is 5.20. The first-order valence-corrected chi connectivity index (χ1v) is 6.21. The number of aromatic nitrogens is 1. The molecule has 4 heteroatoms. The molecular formula is C14H19N3O. The van der Waals surface area contributed by atoms with Crippen molar-refractivity contribution in [2.24, 2.45) is 5.73 Å². The van der Waals surface area contributed by atoms with E-state index in [-0.39, 0.29) is 0 Å². The number of pyridine rings is 1. The minimum atomic E-state index is 0.529. The Kier molecular flexibility index (Phi) is 4.50. The molecule has 0 fully saturated rings. The number of furan rings is 1. The van der Waals surface area contributed by atoms with Crippen LogP contribution in [-0.2, 0) is 19.6 Å². The molecule has 0 aliphatic carbocycles. The van der Waals surface area contributed by atoms with Crippen molar-refractivity contribution in [2.75, 3.05) is 6.54 Å². The van der Waals surface area contributed by atoms with E-state index in [4.69, 9.17) is 10.2 Å². The Morgan fingerprint density at radius 3 is 2.83 bits per heavy atom. The van der Waals surface area contributed by atoms with Gasteiger partial charge < -0.3 is 10.2 Å². The molecule has 0 unspecified atom stereocenters. The van der Waals surface area contributed by atoms with Gasteiger partial charge in [0, 0.05) is 19.3 Å². The molecule has 2 N–H and O–H groups in total. The van der Waals surface area contributed by atoms with Crippen molar-refractivity contribution in [2.45, 2.75) is 26.6 Å². The molecule has 2 aromatic rings. The first kappa shape index (κ1) is 12.8. The van der Waals surface area contributed by atoms with Gasteiger partial charge in [-0.3, -0.25) is 9.88 Å². The van der Waals surface area contributed by atoms with Gasteiger partial charge in [-0.1, -0.05) is 13.0 Å². The number of nitrogens with zero attached hydrogens (tertiary/aromatic N) is 2. The van der Waals surface area contributed by atoms with Crippen LogP contribution in [0.4, 0.5) is 0 Å². The lowest BCUT2D eigenvalue weighted by molar-refractivity contribution is 0.244. The largest absolute Gasteiger partial charge is 0.468 e. The van der Waals surface area contributed by atoms with Crippen molar-refractivity contribution in [1.82, 2.24) is 9.88 Å².